The van der Waals surface area contributed by atoms with Crippen LogP contribution in [0.3, 0.4) is 0 Å². The Morgan fingerprint density at radius 3 is 2.61 bits per heavy atom. The third-order valence-corrected chi connectivity index (χ3v) is 3.75. The Morgan fingerprint density at radius 2 is 2.11 bits per heavy atom. The predicted octanol–water partition coefficient (Wildman–Crippen LogP) is 0.860. The van der Waals surface area contributed by atoms with Gasteiger partial charge >= 0.3 is 12.0 Å². The van der Waals surface area contributed by atoms with Crippen LogP contribution in [0.5, 0.6) is 0 Å². The van der Waals surface area contributed by atoms with Crippen LogP contribution in [0.1, 0.15) is 39.0 Å². The number of carbonyl (C=O) groups excluding carboxylic acids is 1. The summed E-state index contributed by atoms with van der Waals surface area (Å²) >= 11 is 0. The summed E-state index contributed by atoms with van der Waals surface area (Å²) in [6.45, 7) is 2.40. The Morgan fingerprint density at radius 1 is 1.39 bits per heavy atom. The SMILES string of the molecule is CC1(NC(=O)NCC2CCC(C(=O)O)O2)CCC1. The molecule has 102 valence electrons. The molecule has 3 N–H and O–H groups in total. The van der Waals surface area contributed by atoms with E-state index in [9.17, 15) is 9.59 Å². The van der Waals surface area contributed by atoms with Crippen molar-refractivity contribution in [3.8, 4) is 0 Å². The van der Waals surface area contributed by atoms with Crippen molar-refractivity contribution < 1.29 is 19.4 Å². The van der Waals surface area contributed by atoms with Crippen molar-refractivity contribution in [3.05, 3.63) is 0 Å². The summed E-state index contributed by atoms with van der Waals surface area (Å²) in [5.41, 5.74) is -0.0653. The summed E-state index contributed by atoms with van der Waals surface area (Å²) in [6.07, 6.45) is 3.47. The van der Waals surface area contributed by atoms with Crippen molar-refractivity contribution >= 4 is 12.0 Å². The molecule has 2 unspecified atom stereocenters. The number of carbonyl (C=O) groups is 2. The molecule has 2 fully saturated rings. The smallest absolute Gasteiger partial charge is 0.332 e. The van der Waals surface area contributed by atoms with Gasteiger partial charge in [0.25, 0.3) is 0 Å². The Balaban J connectivity index is 1.66. The van der Waals surface area contributed by atoms with Crippen LogP contribution in [0.15, 0.2) is 0 Å². The third-order valence-electron chi connectivity index (χ3n) is 3.75. The number of nitrogens with one attached hydrogen (secondary N) is 2. The van der Waals surface area contributed by atoms with Crippen LogP contribution in [-0.4, -0.2) is 41.4 Å². The van der Waals surface area contributed by atoms with Crippen LogP contribution in [-0.2, 0) is 9.53 Å². The minimum absolute atomic E-state index is 0.0653. The largest absolute Gasteiger partial charge is 0.479 e. The first-order valence-electron chi connectivity index (χ1n) is 6.43. The fourth-order valence-electron chi connectivity index (χ4n) is 2.39. The second kappa shape index (κ2) is 5.14. The van der Waals surface area contributed by atoms with Gasteiger partial charge in [-0.05, 0) is 39.0 Å². The van der Waals surface area contributed by atoms with Crippen LogP contribution >= 0.6 is 0 Å². The maximum Gasteiger partial charge on any atom is 0.332 e. The van der Waals surface area contributed by atoms with E-state index in [1.807, 2.05) is 6.92 Å². The summed E-state index contributed by atoms with van der Waals surface area (Å²) in [6, 6.07) is -0.195. The molecule has 2 rings (SSSR count). The summed E-state index contributed by atoms with van der Waals surface area (Å²) < 4.78 is 5.30. The second-order valence-corrected chi connectivity index (χ2v) is 5.41. The molecule has 1 saturated heterocycles. The van der Waals surface area contributed by atoms with Crippen LogP contribution in [0.2, 0.25) is 0 Å². The fourth-order valence-corrected chi connectivity index (χ4v) is 2.39. The first kappa shape index (κ1) is 13.1. The summed E-state index contributed by atoms with van der Waals surface area (Å²) in [7, 11) is 0. The van der Waals surface area contributed by atoms with Gasteiger partial charge in [-0.25, -0.2) is 9.59 Å². The number of hydrogen-bond donors (Lipinski definition) is 3. The molecule has 6 nitrogen and oxygen atoms in total. The van der Waals surface area contributed by atoms with Gasteiger partial charge in [0.05, 0.1) is 6.10 Å². The number of aliphatic carboxylic acids is 1. The van der Waals surface area contributed by atoms with Crippen LogP contribution in [0.25, 0.3) is 0 Å². The predicted molar refractivity (Wildman–Crippen MR) is 64.3 cm³/mol. The van der Waals surface area contributed by atoms with E-state index in [4.69, 9.17) is 9.84 Å². The molecule has 0 aromatic heterocycles. The zero-order chi connectivity index (χ0) is 13.2. The first-order chi connectivity index (χ1) is 8.48. The van der Waals surface area contributed by atoms with Gasteiger partial charge in [-0.2, -0.15) is 0 Å². The molecule has 2 amide bonds. The van der Waals surface area contributed by atoms with E-state index >= 15 is 0 Å². The van der Waals surface area contributed by atoms with Crippen molar-refractivity contribution in [1.29, 1.82) is 0 Å². The van der Waals surface area contributed by atoms with Crippen molar-refractivity contribution in [3.63, 3.8) is 0 Å². The lowest BCUT2D eigenvalue weighted by Gasteiger charge is -2.39. The molecule has 0 radical (unpaired) electrons. The van der Waals surface area contributed by atoms with Gasteiger partial charge in [0, 0.05) is 12.1 Å². The van der Waals surface area contributed by atoms with E-state index in [-0.39, 0.29) is 17.7 Å². The molecule has 0 aromatic carbocycles. The van der Waals surface area contributed by atoms with E-state index in [0.29, 0.717) is 19.4 Å². The van der Waals surface area contributed by atoms with Crippen LogP contribution in [0, 0.1) is 0 Å². The van der Waals surface area contributed by atoms with E-state index in [2.05, 4.69) is 10.6 Å². The number of carboxylic acid groups (broad SMARTS) is 1. The average Bonchev–Trinajstić information content (AvgIpc) is 2.73. The van der Waals surface area contributed by atoms with Gasteiger partial charge in [0.15, 0.2) is 6.10 Å². The molecule has 0 aromatic rings. The van der Waals surface area contributed by atoms with E-state index in [1.54, 1.807) is 0 Å². The molecule has 1 saturated carbocycles. The molecule has 0 bridgehead atoms. The van der Waals surface area contributed by atoms with Gasteiger partial charge in [0.1, 0.15) is 0 Å². The lowest BCUT2D eigenvalue weighted by atomic mass is 9.79. The molecule has 2 atom stereocenters. The molecular formula is C12H20N2O4. The van der Waals surface area contributed by atoms with Crippen molar-refractivity contribution in [1.82, 2.24) is 10.6 Å². The minimum atomic E-state index is -0.927. The Bertz CT molecular complexity index is 341. The third kappa shape index (κ3) is 3.13. The molecule has 18 heavy (non-hydrogen) atoms. The highest BCUT2D eigenvalue weighted by Gasteiger charge is 2.34. The van der Waals surface area contributed by atoms with Gasteiger partial charge in [-0.15, -0.1) is 0 Å². The zero-order valence-electron chi connectivity index (χ0n) is 10.6. The number of urea groups is 1. The van der Waals surface area contributed by atoms with Crippen molar-refractivity contribution in [2.75, 3.05) is 6.54 Å². The number of hydrogen-bond acceptors (Lipinski definition) is 3. The molecule has 2 aliphatic rings. The fraction of sp³-hybridized carbons (Fsp3) is 0.833. The number of rotatable bonds is 4. The lowest BCUT2D eigenvalue weighted by Crippen LogP contribution is -2.54. The Kier molecular flexibility index (Phi) is 3.75. The maximum atomic E-state index is 11.6. The van der Waals surface area contributed by atoms with E-state index in [0.717, 1.165) is 19.3 Å². The average molecular weight is 256 g/mol. The highest BCUT2D eigenvalue weighted by Crippen LogP contribution is 2.30. The van der Waals surface area contributed by atoms with E-state index in [1.165, 1.54) is 0 Å². The molecule has 6 heteroatoms. The molecule has 1 heterocycles. The number of carboxylic acids is 1. The van der Waals surface area contributed by atoms with Gasteiger partial charge in [-0.1, -0.05) is 0 Å². The van der Waals surface area contributed by atoms with Crippen LogP contribution in [0.4, 0.5) is 4.79 Å². The maximum absolute atomic E-state index is 11.6. The minimum Gasteiger partial charge on any atom is -0.479 e. The summed E-state index contributed by atoms with van der Waals surface area (Å²) in [4.78, 5) is 22.3. The second-order valence-electron chi connectivity index (χ2n) is 5.41. The Labute approximate surface area is 106 Å². The highest BCUT2D eigenvalue weighted by atomic mass is 16.5. The number of amides is 2. The van der Waals surface area contributed by atoms with Crippen molar-refractivity contribution in [2.24, 2.45) is 0 Å². The quantitative estimate of drug-likeness (QED) is 0.696. The molecule has 0 spiro atoms. The standard InChI is InChI=1S/C12H20N2O4/c1-12(5-2-6-12)14-11(17)13-7-8-3-4-9(18-8)10(15)16/h8-9H,2-7H2,1H3,(H,15,16)(H2,13,14,17). The topological polar surface area (TPSA) is 87.7 Å². The first-order valence-corrected chi connectivity index (χ1v) is 6.43. The van der Waals surface area contributed by atoms with Gasteiger partial charge < -0.3 is 20.5 Å². The Hall–Kier alpha value is -1.30. The van der Waals surface area contributed by atoms with Gasteiger partial charge in [-0.3, -0.25) is 0 Å². The number of ether oxygens (including phenoxy) is 1. The molecular weight excluding hydrogens is 236 g/mol. The summed E-state index contributed by atoms with van der Waals surface area (Å²) in [5, 5.41) is 14.4. The van der Waals surface area contributed by atoms with Crippen LogP contribution < -0.4 is 10.6 Å². The molecule has 1 aliphatic heterocycles. The zero-order valence-corrected chi connectivity index (χ0v) is 10.6. The molecule has 1 aliphatic carbocycles. The normalized spacial score (nSPS) is 29.4. The van der Waals surface area contributed by atoms with E-state index < -0.39 is 12.1 Å². The lowest BCUT2D eigenvalue weighted by molar-refractivity contribution is -0.149. The van der Waals surface area contributed by atoms with Gasteiger partial charge in [0.2, 0.25) is 0 Å². The summed E-state index contributed by atoms with van der Waals surface area (Å²) in [5.74, 6) is -0.927. The monoisotopic (exact) mass is 256 g/mol. The van der Waals surface area contributed by atoms with Crippen molar-refractivity contribution in [2.45, 2.75) is 56.8 Å². The highest BCUT2D eigenvalue weighted by molar-refractivity contribution is 5.75.